The average Bonchev–Trinajstić information content (AvgIpc) is 2.93. The Hall–Kier alpha value is -3.76. The van der Waals surface area contributed by atoms with Crippen LogP contribution in [0, 0.1) is 11.7 Å². The second-order valence-corrected chi connectivity index (χ2v) is 11.4. The first kappa shape index (κ1) is 28.3. The summed E-state index contributed by atoms with van der Waals surface area (Å²) in [4.78, 5) is 23.5. The van der Waals surface area contributed by atoms with Gasteiger partial charge in [0.15, 0.2) is 6.61 Å². The van der Waals surface area contributed by atoms with E-state index in [1.807, 2.05) is 6.92 Å². The molecule has 10 heteroatoms. The van der Waals surface area contributed by atoms with Crippen molar-refractivity contribution in [3.63, 3.8) is 0 Å². The minimum absolute atomic E-state index is 0.0785. The molecule has 0 heterocycles. The summed E-state index contributed by atoms with van der Waals surface area (Å²) < 4.78 is 47.0. The molecule has 1 fully saturated rings. The van der Waals surface area contributed by atoms with Gasteiger partial charge in [0.2, 0.25) is 15.9 Å². The van der Waals surface area contributed by atoms with Gasteiger partial charge in [0.05, 0.1) is 10.9 Å². The van der Waals surface area contributed by atoms with Crippen LogP contribution in [0.5, 0.6) is 5.75 Å². The third kappa shape index (κ3) is 7.64. The highest BCUT2D eigenvalue weighted by Gasteiger charge is 2.29. The van der Waals surface area contributed by atoms with E-state index in [1.165, 1.54) is 12.1 Å². The number of carboxylic acids is 1. The highest BCUT2D eigenvalue weighted by Crippen LogP contribution is 2.28. The zero-order valence-electron chi connectivity index (χ0n) is 21.5. The molecule has 0 saturated heterocycles. The van der Waals surface area contributed by atoms with Crippen LogP contribution < -0.4 is 14.8 Å². The monoisotopic (exact) mass is 554 g/mol. The van der Waals surface area contributed by atoms with E-state index in [4.69, 9.17) is 9.84 Å². The fourth-order valence-electron chi connectivity index (χ4n) is 4.64. The van der Waals surface area contributed by atoms with Gasteiger partial charge in [-0.1, -0.05) is 36.4 Å². The minimum Gasteiger partial charge on any atom is -0.482 e. The van der Waals surface area contributed by atoms with Gasteiger partial charge in [0.1, 0.15) is 11.6 Å². The first-order chi connectivity index (χ1) is 18.6. The van der Waals surface area contributed by atoms with Crippen molar-refractivity contribution in [3.05, 3.63) is 84.2 Å². The van der Waals surface area contributed by atoms with Crippen molar-refractivity contribution in [2.45, 2.75) is 49.6 Å². The van der Waals surface area contributed by atoms with Crippen molar-refractivity contribution < 1.29 is 32.2 Å². The summed E-state index contributed by atoms with van der Waals surface area (Å²) >= 11 is 0. The van der Waals surface area contributed by atoms with E-state index < -0.39 is 22.6 Å². The largest absolute Gasteiger partial charge is 0.482 e. The van der Waals surface area contributed by atoms with Crippen LogP contribution in [0.15, 0.2) is 77.7 Å². The lowest BCUT2D eigenvalue weighted by molar-refractivity contribution is -0.139. The van der Waals surface area contributed by atoms with E-state index in [9.17, 15) is 22.4 Å². The second kappa shape index (κ2) is 12.4. The van der Waals surface area contributed by atoms with Crippen molar-refractivity contribution in [1.29, 1.82) is 0 Å². The number of nitrogens with one attached hydrogen (secondary N) is 2. The number of benzene rings is 3. The predicted molar refractivity (Wildman–Crippen MR) is 144 cm³/mol. The molecule has 0 radical (unpaired) electrons. The van der Waals surface area contributed by atoms with Gasteiger partial charge >= 0.3 is 5.97 Å². The molecule has 3 N–H and O–H groups in total. The number of carbonyl (C=O) groups excluding carboxylic acids is 1. The van der Waals surface area contributed by atoms with Gasteiger partial charge in [0, 0.05) is 12.0 Å². The van der Waals surface area contributed by atoms with Gasteiger partial charge in [-0.15, -0.1) is 0 Å². The molecule has 0 unspecified atom stereocenters. The molecule has 1 aliphatic carbocycles. The van der Waals surface area contributed by atoms with E-state index in [0.717, 1.165) is 16.7 Å². The Kier molecular flexibility index (Phi) is 8.98. The van der Waals surface area contributed by atoms with Crippen molar-refractivity contribution in [2.24, 2.45) is 5.92 Å². The number of sulfonamides is 1. The summed E-state index contributed by atoms with van der Waals surface area (Å²) in [5, 5.41) is 11.7. The van der Waals surface area contributed by atoms with Crippen LogP contribution >= 0.6 is 0 Å². The smallest absolute Gasteiger partial charge is 0.341 e. The van der Waals surface area contributed by atoms with Crippen LogP contribution in [0.3, 0.4) is 0 Å². The standard InChI is InChI=1S/C29H31FN2O6S/c1-19(20-2-10-24(30)11-3-20)31-29(35)23-4-12-25(13-5-23)32-39(36,37)27-16-8-22(9-17-27)21-6-14-26(15-7-21)38-18-28(33)34/h2-3,6-11,14-17,19,23,25,32H,4-5,12-13,18H2,1H3,(H,31,35)(H,33,34)/t19-,23?,25?/m1/s1. The predicted octanol–water partition coefficient (Wildman–Crippen LogP) is 4.67. The van der Waals surface area contributed by atoms with Gasteiger partial charge in [0.25, 0.3) is 0 Å². The number of carbonyl (C=O) groups is 2. The van der Waals surface area contributed by atoms with E-state index in [1.54, 1.807) is 60.7 Å². The van der Waals surface area contributed by atoms with Crippen LogP contribution in [0.1, 0.15) is 44.2 Å². The maximum absolute atomic E-state index is 13.2. The van der Waals surface area contributed by atoms with Crippen molar-refractivity contribution in [1.82, 2.24) is 10.0 Å². The van der Waals surface area contributed by atoms with Crippen molar-refractivity contribution in [2.75, 3.05) is 6.61 Å². The number of rotatable bonds is 10. The Balaban J connectivity index is 1.28. The molecule has 206 valence electrons. The lowest BCUT2D eigenvalue weighted by Gasteiger charge is -2.29. The first-order valence-corrected chi connectivity index (χ1v) is 14.2. The minimum atomic E-state index is -3.73. The number of carboxylic acid groups (broad SMARTS) is 1. The highest BCUT2D eigenvalue weighted by atomic mass is 32.2. The Bertz CT molecular complexity index is 1390. The third-order valence-corrected chi connectivity index (χ3v) is 8.40. The molecule has 4 rings (SSSR count). The molecule has 1 atom stereocenters. The third-order valence-electron chi connectivity index (χ3n) is 6.86. The molecule has 0 spiro atoms. The molecule has 0 bridgehead atoms. The van der Waals surface area contributed by atoms with E-state index in [2.05, 4.69) is 10.0 Å². The summed E-state index contributed by atoms with van der Waals surface area (Å²) in [6.45, 7) is 1.42. The van der Waals surface area contributed by atoms with Gasteiger partial charge in [-0.05, 0) is 85.7 Å². The Morgan fingerprint density at radius 2 is 1.49 bits per heavy atom. The van der Waals surface area contributed by atoms with Crippen molar-refractivity contribution in [3.8, 4) is 16.9 Å². The maximum atomic E-state index is 13.2. The first-order valence-electron chi connectivity index (χ1n) is 12.7. The summed E-state index contributed by atoms with van der Waals surface area (Å²) in [5.74, 6) is -1.24. The normalized spacial score (nSPS) is 18.2. The fourth-order valence-corrected chi connectivity index (χ4v) is 5.95. The quantitative estimate of drug-likeness (QED) is 0.335. The Labute approximate surface area is 227 Å². The zero-order chi connectivity index (χ0) is 28.0. The molecule has 3 aromatic rings. The SMILES string of the molecule is C[C@@H](NC(=O)C1CCC(NS(=O)(=O)c2ccc(-c3ccc(OCC(=O)O)cc3)cc2)CC1)c1ccc(F)cc1. The molecular formula is C29H31FN2O6S. The van der Waals surface area contributed by atoms with Crippen LogP contribution in [0.2, 0.25) is 0 Å². The van der Waals surface area contributed by atoms with Crippen LogP contribution in [0.25, 0.3) is 11.1 Å². The Morgan fingerprint density at radius 1 is 0.923 bits per heavy atom. The number of ether oxygens (including phenoxy) is 1. The van der Waals surface area contributed by atoms with Gasteiger partial charge < -0.3 is 15.2 Å². The molecule has 0 aromatic heterocycles. The molecular weight excluding hydrogens is 523 g/mol. The van der Waals surface area contributed by atoms with Gasteiger partial charge in [-0.25, -0.2) is 22.3 Å². The fraction of sp³-hybridized carbons (Fsp3) is 0.310. The molecule has 3 aromatic carbocycles. The summed E-state index contributed by atoms with van der Waals surface area (Å²) in [6, 6.07) is 18.9. The zero-order valence-corrected chi connectivity index (χ0v) is 22.3. The number of halogens is 1. The lowest BCUT2D eigenvalue weighted by Crippen LogP contribution is -2.41. The topological polar surface area (TPSA) is 122 Å². The molecule has 1 amide bonds. The lowest BCUT2D eigenvalue weighted by atomic mass is 9.85. The number of amides is 1. The summed E-state index contributed by atoms with van der Waals surface area (Å²) in [7, 11) is -3.73. The number of hydrogen-bond acceptors (Lipinski definition) is 5. The molecule has 39 heavy (non-hydrogen) atoms. The molecule has 0 aliphatic heterocycles. The second-order valence-electron chi connectivity index (χ2n) is 9.68. The van der Waals surface area contributed by atoms with Crippen molar-refractivity contribution >= 4 is 21.9 Å². The molecule has 1 saturated carbocycles. The molecule has 1 aliphatic rings. The van der Waals surface area contributed by atoms with Crippen LogP contribution in [-0.4, -0.2) is 38.0 Å². The van der Waals surface area contributed by atoms with Crippen LogP contribution in [0.4, 0.5) is 4.39 Å². The number of aliphatic carboxylic acids is 1. The van der Waals surface area contributed by atoms with Crippen LogP contribution in [-0.2, 0) is 19.6 Å². The van der Waals surface area contributed by atoms with E-state index >= 15 is 0 Å². The summed E-state index contributed by atoms with van der Waals surface area (Å²) in [5.41, 5.74) is 2.46. The highest BCUT2D eigenvalue weighted by molar-refractivity contribution is 7.89. The number of hydrogen-bond donors (Lipinski definition) is 3. The van der Waals surface area contributed by atoms with Gasteiger partial charge in [-0.2, -0.15) is 0 Å². The van der Waals surface area contributed by atoms with Gasteiger partial charge in [-0.3, -0.25) is 4.79 Å². The maximum Gasteiger partial charge on any atom is 0.341 e. The van der Waals surface area contributed by atoms with E-state index in [-0.39, 0.29) is 34.6 Å². The average molecular weight is 555 g/mol. The molecule has 8 nitrogen and oxygen atoms in total. The Morgan fingerprint density at radius 3 is 2.05 bits per heavy atom. The summed E-state index contributed by atoms with van der Waals surface area (Å²) in [6.07, 6.45) is 2.24. The van der Waals surface area contributed by atoms with E-state index in [0.29, 0.717) is 31.4 Å².